The zero-order valence-electron chi connectivity index (χ0n) is 13.7. The highest BCUT2D eigenvalue weighted by Crippen LogP contribution is 2.41. The Kier molecular flexibility index (Phi) is 5.09. The van der Waals surface area contributed by atoms with Crippen molar-refractivity contribution in [2.45, 2.75) is 32.2 Å². The maximum absolute atomic E-state index is 13.3. The predicted molar refractivity (Wildman–Crippen MR) is 91.7 cm³/mol. The lowest BCUT2D eigenvalue weighted by atomic mass is 10.1. The van der Waals surface area contributed by atoms with Gasteiger partial charge in [0.1, 0.15) is 30.0 Å². The summed E-state index contributed by atoms with van der Waals surface area (Å²) in [6.07, 6.45) is -2.89. The lowest BCUT2D eigenvalue weighted by Gasteiger charge is -2.44. The molecule has 0 bridgehead atoms. The number of halogens is 5. The third-order valence-corrected chi connectivity index (χ3v) is 5.12. The summed E-state index contributed by atoms with van der Waals surface area (Å²) in [5.74, 6) is -0.0747. The number of ether oxygens (including phenoxy) is 1. The van der Waals surface area contributed by atoms with Gasteiger partial charge in [-0.2, -0.15) is 13.2 Å². The molecule has 26 heavy (non-hydrogen) atoms. The number of hydrogen-bond donors (Lipinski definition) is 0. The van der Waals surface area contributed by atoms with Gasteiger partial charge in [0.25, 0.3) is 0 Å². The van der Waals surface area contributed by atoms with E-state index >= 15 is 0 Å². The first-order valence-corrected chi connectivity index (χ1v) is 8.54. The van der Waals surface area contributed by atoms with Crippen LogP contribution in [0.15, 0.2) is 30.5 Å². The summed E-state index contributed by atoms with van der Waals surface area (Å²) in [5, 5.41) is 13.6. The van der Waals surface area contributed by atoms with Gasteiger partial charge in [-0.25, -0.2) is 4.98 Å². The Balaban J connectivity index is 1.79. The van der Waals surface area contributed by atoms with E-state index in [2.05, 4.69) is 9.72 Å². The second kappa shape index (κ2) is 6.88. The first kappa shape index (κ1) is 19.2. The number of hydroxylamine groups is 3. The second-order valence-electron chi connectivity index (χ2n) is 6.28. The molecule has 2 heterocycles. The largest absolute Gasteiger partial charge is 0.632 e. The minimum atomic E-state index is -4.45. The molecule has 2 aromatic rings. The number of rotatable bonds is 4. The molecule has 1 aliphatic rings. The van der Waals surface area contributed by atoms with Crippen LogP contribution in [0.25, 0.3) is 0 Å². The summed E-state index contributed by atoms with van der Waals surface area (Å²) < 4.78 is 40.9. The zero-order chi connectivity index (χ0) is 19.1. The summed E-state index contributed by atoms with van der Waals surface area (Å²) in [6.45, 7) is 0.738. The quantitative estimate of drug-likeness (QED) is 0.386. The van der Waals surface area contributed by atoms with E-state index in [1.54, 1.807) is 25.3 Å². The molecule has 2 atom stereocenters. The fourth-order valence-electron chi connectivity index (χ4n) is 3.03. The van der Waals surface area contributed by atoms with Crippen molar-refractivity contribution in [3.63, 3.8) is 0 Å². The number of quaternary nitrogens is 1. The van der Waals surface area contributed by atoms with Crippen LogP contribution in [0.5, 0.6) is 5.75 Å². The Labute approximate surface area is 158 Å². The van der Waals surface area contributed by atoms with Gasteiger partial charge in [-0.05, 0) is 31.2 Å². The van der Waals surface area contributed by atoms with Gasteiger partial charge in [0.2, 0.25) is 0 Å². The van der Waals surface area contributed by atoms with Crippen LogP contribution in [0.4, 0.5) is 13.2 Å². The van der Waals surface area contributed by atoms with Crippen LogP contribution < -0.4 is 4.74 Å². The highest BCUT2D eigenvalue weighted by Gasteiger charge is 2.36. The van der Waals surface area contributed by atoms with Gasteiger partial charge >= 0.3 is 6.18 Å². The predicted octanol–water partition coefficient (Wildman–Crippen LogP) is 5.42. The molecule has 1 aromatic carbocycles. The van der Waals surface area contributed by atoms with E-state index in [1.165, 1.54) is 12.1 Å². The lowest BCUT2D eigenvalue weighted by Crippen LogP contribution is -2.38. The smallest absolute Gasteiger partial charge is 0.422 e. The van der Waals surface area contributed by atoms with Crippen molar-refractivity contribution in [2.24, 2.45) is 0 Å². The summed E-state index contributed by atoms with van der Waals surface area (Å²) in [7, 11) is 0. The van der Waals surface area contributed by atoms with Gasteiger partial charge in [0, 0.05) is 17.3 Å². The summed E-state index contributed by atoms with van der Waals surface area (Å²) in [6, 6.07) is 5.66. The van der Waals surface area contributed by atoms with Crippen molar-refractivity contribution in [3.05, 3.63) is 62.5 Å². The molecule has 1 aliphatic heterocycles. The Morgan fingerprint density at radius 3 is 2.62 bits per heavy atom. The van der Waals surface area contributed by atoms with Gasteiger partial charge < -0.3 is 14.6 Å². The average molecular weight is 407 g/mol. The van der Waals surface area contributed by atoms with E-state index in [0.29, 0.717) is 10.7 Å². The second-order valence-corrected chi connectivity index (χ2v) is 7.04. The van der Waals surface area contributed by atoms with Crippen molar-refractivity contribution in [3.8, 4) is 5.75 Å². The van der Waals surface area contributed by atoms with Crippen LogP contribution in [0.1, 0.15) is 29.7 Å². The maximum atomic E-state index is 13.3. The summed E-state index contributed by atoms with van der Waals surface area (Å²) in [4.78, 5) is 4.00. The molecule has 0 saturated heterocycles. The highest BCUT2D eigenvalue weighted by molar-refractivity contribution is 6.32. The molecule has 3 rings (SSSR count). The average Bonchev–Trinajstić information content (AvgIpc) is 2.91. The van der Waals surface area contributed by atoms with Crippen LogP contribution in [0.2, 0.25) is 10.2 Å². The van der Waals surface area contributed by atoms with Crippen molar-refractivity contribution < 1.29 is 22.6 Å². The SMILES string of the molecule is CC(c1ccc(OCC(F)(F)F)c(Cl)c1)[N+]1([O-])Cc2ccnc(Cl)c2C1. The third kappa shape index (κ3) is 3.91. The minimum absolute atomic E-state index is 0.0293. The molecular weight excluding hydrogens is 392 g/mol. The highest BCUT2D eigenvalue weighted by atomic mass is 35.5. The third-order valence-electron chi connectivity index (χ3n) is 4.50. The topological polar surface area (TPSA) is 45.2 Å². The van der Waals surface area contributed by atoms with Crippen LogP contribution in [0, 0.1) is 5.21 Å². The van der Waals surface area contributed by atoms with E-state index < -0.39 is 23.5 Å². The van der Waals surface area contributed by atoms with Crippen LogP contribution >= 0.6 is 23.2 Å². The monoisotopic (exact) mass is 406 g/mol. The minimum Gasteiger partial charge on any atom is -0.632 e. The normalized spacial score (nSPS) is 20.7. The molecule has 0 spiro atoms. The molecule has 0 aliphatic carbocycles. The number of pyridine rings is 1. The molecular formula is C17H15Cl2F3N2O2. The van der Waals surface area contributed by atoms with E-state index in [9.17, 15) is 18.4 Å². The molecule has 4 nitrogen and oxygen atoms in total. The number of nitrogens with zero attached hydrogens (tertiary/aromatic N) is 2. The Morgan fingerprint density at radius 2 is 2.00 bits per heavy atom. The van der Waals surface area contributed by atoms with Crippen LogP contribution in [-0.2, 0) is 13.1 Å². The van der Waals surface area contributed by atoms with E-state index in [0.717, 1.165) is 11.1 Å². The summed E-state index contributed by atoms with van der Waals surface area (Å²) >= 11 is 12.1. The van der Waals surface area contributed by atoms with Crippen LogP contribution in [0.3, 0.4) is 0 Å². The fourth-order valence-corrected chi connectivity index (χ4v) is 3.51. The zero-order valence-corrected chi connectivity index (χ0v) is 15.2. The van der Waals surface area contributed by atoms with Crippen molar-refractivity contribution in [1.29, 1.82) is 0 Å². The number of alkyl halides is 3. The first-order chi connectivity index (χ1) is 12.1. The number of hydrogen-bond acceptors (Lipinski definition) is 3. The lowest BCUT2D eigenvalue weighted by molar-refractivity contribution is -0.928. The number of benzene rings is 1. The molecule has 140 valence electrons. The molecule has 0 amide bonds. The van der Waals surface area contributed by atoms with E-state index in [-0.39, 0.29) is 23.9 Å². The van der Waals surface area contributed by atoms with Crippen molar-refractivity contribution >= 4 is 23.2 Å². The van der Waals surface area contributed by atoms with E-state index in [1.807, 2.05) is 0 Å². The van der Waals surface area contributed by atoms with Gasteiger partial charge in [-0.15, -0.1) is 0 Å². The Hall–Kier alpha value is -1.54. The number of aromatic nitrogens is 1. The molecule has 2 unspecified atom stereocenters. The molecule has 0 N–H and O–H groups in total. The van der Waals surface area contributed by atoms with Gasteiger partial charge in [0.05, 0.1) is 10.6 Å². The first-order valence-electron chi connectivity index (χ1n) is 7.78. The summed E-state index contributed by atoms with van der Waals surface area (Å²) in [5.41, 5.74) is 2.19. The van der Waals surface area contributed by atoms with Crippen molar-refractivity contribution in [2.75, 3.05) is 6.61 Å². The maximum Gasteiger partial charge on any atom is 0.422 e. The Bertz CT molecular complexity index is 832. The molecule has 0 fully saturated rings. The fraction of sp³-hybridized carbons (Fsp3) is 0.353. The van der Waals surface area contributed by atoms with Gasteiger partial charge in [0.15, 0.2) is 6.61 Å². The Morgan fingerprint density at radius 1 is 1.27 bits per heavy atom. The van der Waals surface area contributed by atoms with Crippen molar-refractivity contribution in [1.82, 2.24) is 4.98 Å². The molecule has 0 saturated carbocycles. The molecule has 1 aromatic heterocycles. The van der Waals surface area contributed by atoms with Gasteiger partial charge in [-0.3, -0.25) is 0 Å². The molecule has 0 radical (unpaired) electrons. The molecule has 9 heteroatoms. The van der Waals surface area contributed by atoms with E-state index in [4.69, 9.17) is 23.2 Å². The van der Waals surface area contributed by atoms with Crippen LogP contribution in [-0.4, -0.2) is 22.4 Å². The standard InChI is InChI=1S/C17H15Cl2F3N2O2/c1-10(24(25)7-12-4-5-23-16(19)13(12)8-24)11-2-3-15(14(18)6-11)26-9-17(20,21)22/h2-6,10H,7-9H2,1H3. The van der Waals surface area contributed by atoms with Gasteiger partial charge in [-0.1, -0.05) is 23.2 Å². The number of fused-ring (bicyclic) bond motifs is 1.